The van der Waals surface area contributed by atoms with Crippen LogP contribution >= 0.6 is 22.9 Å². The number of methoxy groups -OCH3 is 1. The van der Waals surface area contributed by atoms with Gasteiger partial charge in [0.15, 0.2) is 5.69 Å². The van der Waals surface area contributed by atoms with Crippen molar-refractivity contribution in [1.82, 2.24) is 9.78 Å². The molecule has 0 fully saturated rings. The molecule has 0 saturated carbocycles. The van der Waals surface area contributed by atoms with Crippen LogP contribution in [0.2, 0.25) is 5.02 Å². The number of benzene rings is 2. The van der Waals surface area contributed by atoms with Crippen LogP contribution in [0.4, 0.5) is 5.00 Å². The number of amides is 1. The van der Waals surface area contributed by atoms with E-state index in [0.29, 0.717) is 26.8 Å². The highest BCUT2D eigenvalue weighted by molar-refractivity contribution is 7.16. The van der Waals surface area contributed by atoms with Crippen LogP contribution in [0.5, 0.6) is 5.75 Å². The molecule has 0 aliphatic carbocycles. The number of anilines is 1. The second-order valence-electron chi connectivity index (χ2n) is 7.19. The van der Waals surface area contributed by atoms with Crippen LogP contribution in [-0.2, 0) is 16.0 Å². The van der Waals surface area contributed by atoms with Gasteiger partial charge in [-0.3, -0.25) is 9.59 Å². The molecule has 0 spiro atoms. The number of fused-ring (bicyclic) bond motifs is 1. The lowest BCUT2D eigenvalue weighted by molar-refractivity contribution is -0.115. The number of nitrogens with zero attached hydrogens (tertiary/aromatic N) is 2. The van der Waals surface area contributed by atoms with Crippen LogP contribution < -0.4 is 15.6 Å². The lowest BCUT2D eigenvalue weighted by Gasteiger charge is -2.11. The number of hydrogen-bond acceptors (Lipinski definition) is 7. The third-order valence-electron chi connectivity index (χ3n) is 4.95. The predicted octanol–water partition coefficient (Wildman–Crippen LogP) is 4.47. The summed E-state index contributed by atoms with van der Waals surface area (Å²) >= 11 is 7.05. The Labute approximate surface area is 203 Å². The molecule has 2 aromatic heterocycles. The minimum atomic E-state index is -0.666. The molecule has 0 atom stereocenters. The summed E-state index contributed by atoms with van der Waals surface area (Å²) in [5.41, 5.74) is 0.667. The molecular formula is C24H20ClN3O5S. The molecule has 1 amide bonds. The minimum Gasteiger partial charge on any atom is -0.497 e. The van der Waals surface area contributed by atoms with Crippen molar-refractivity contribution < 1.29 is 19.1 Å². The van der Waals surface area contributed by atoms with E-state index < -0.39 is 11.5 Å². The highest BCUT2D eigenvalue weighted by Gasteiger charge is 2.23. The van der Waals surface area contributed by atoms with E-state index in [0.717, 1.165) is 21.6 Å². The smallest absolute Gasteiger partial charge is 0.359 e. The number of hydrogen-bond donors (Lipinski definition) is 1. The van der Waals surface area contributed by atoms with Crippen molar-refractivity contribution in [1.29, 1.82) is 0 Å². The van der Waals surface area contributed by atoms with Crippen LogP contribution in [0, 0.1) is 0 Å². The van der Waals surface area contributed by atoms with Crippen LogP contribution in [0.25, 0.3) is 16.5 Å². The molecule has 0 saturated heterocycles. The van der Waals surface area contributed by atoms with Crippen LogP contribution in [0.15, 0.2) is 58.7 Å². The first-order valence-corrected chi connectivity index (χ1v) is 11.6. The van der Waals surface area contributed by atoms with E-state index in [2.05, 4.69) is 10.4 Å². The number of thiophene rings is 1. The molecule has 10 heteroatoms. The Kier molecular flexibility index (Phi) is 6.95. The molecule has 4 rings (SSSR count). The van der Waals surface area contributed by atoms with Crippen molar-refractivity contribution >= 4 is 50.6 Å². The normalized spacial score (nSPS) is 10.8. The molecule has 0 aliphatic heterocycles. The molecule has 2 aromatic carbocycles. The number of carbonyl (C=O) groups excluding carboxylic acids is 2. The third kappa shape index (κ3) is 4.80. The van der Waals surface area contributed by atoms with Crippen molar-refractivity contribution in [2.45, 2.75) is 13.3 Å². The Morgan fingerprint density at radius 1 is 1.18 bits per heavy atom. The maximum atomic E-state index is 13.5. The van der Waals surface area contributed by atoms with Gasteiger partial charge in [-0.2, -0.15) is 9.78 Å². The van der Waals surface area contributed by atoms with Gasteiger partial charge in [0.25, 0.3) is 5.56 Å². The molecule has 0 bridgehead atoms. The Bertz CT molecular complexity index is 1430. The number of aromatic nitrogens is 2. The van der Waals surface area contributed by atoms with E-state index in [1.165, 1.54) is 7.11 Å². The molecule has 4 aromatic rings. The van der Waals surface area contributed by atoms with Crippen LogP contribution in [0.1, 0.15) is 23.0 Å². The highest BCUT2D eigenvalue weighted by Crippen LogP contribution is 2.31. The van der Waals surface area contributed by atoms with E-state index in [-0.39, 0.29) is 30.0 Å². The molecular weight excluding hydrogens is 478 g/mol. The van der Waals surface area contributed by atoms with Gasteiger partial charge in [0.2, 0.25) is 5.91 Å². The van der Waals surface area contributed by atoms with E-state index in [4.69, 9.17) is 21.1 Å². The van der Waals surface area contributed by atoms with E-state index >= 15 is 0 Å². The average molecular weight is 498 g/mol. The molecule has 0 unspecified atom stereocenters. The SMILES string of the molecule is CCOC(=O)c1nn(-c2cccc(OC)c2)c(=O)c2c(NC(=O)Cc3ccc(Cl)cc3)scc12. The Balaban J connectivity index is 1.80. The van der Waals surface area contributed by atoms with Crippen molar-refractivity contribution in [3.05, 3.63) is 80.5 Å². The zero-order chi connectivity index (χ0) is 24.2. The first kappa shape index (κ1) is 23.5. The fourth-order valence-electron chi connectivity index (χ4n) is 3.37. The van der Waals surface area contributed by atoms with Gasteiger partial charge in [0.05, 0.1) is 31.2 Å². The lowest BCUT2D eigenvalue weighted by atomic mass is 10.1. The summed E-state index contributed by atoms with van der Waals surface area (Å²) in [6.45, 7) is 1.83. The van der Waals surface area contributed by atoms with Gasteiger partial charge in [0.1, 0.15) is 10.8 Å². The first-order valence-electron chi connectivity index (χ1n) is 10.3. The lowest BCUT2D eigenvalue weighted by Crippen LogP contribution is -2.25. The van der Waals surface area contributed by atoms with Gasteiger partial charge >= 0.3 is 5.97 Å². The Morgan fingerprint density at radius 3 is 2.65 bits per heavy atom. The van der Waals surface area contributed by atoms with Gasteiger partial charge in [-0.25, -0.2) is 4.79 Å². The third-order valence-corrected chi connectivity index (χ3v) is 6.10. The zero-order valence-corrected chi connectivity index (χ0v) is 19.9. The summed E-state index contributed by atoms with van der Waals surface area (Å²) in [6.07, 6.45) is 0.0937. The maximum Gasteiger partial charge on any atom is 0.359 e. The predicted molar refractivity (Wildman–Crippen MR) is 132 cm³/mol. The topological polar surface area (TPSA) is 99.5 Å². The Morgan fingerprint density at radius 2 is 1.94 bits per heavy atom. The summed E-state index contributed by atoms with van der Waals surface area (Å²) < 4.78 is 11.5. The number of rotatable bonds is 7. The van der Waals surface area contributed by atoms with E-state index in [1.54, 1.807) is 60.8 Å². The molecule has 0 radical (unpaired) electrons. The van der Waals surface area contributed by atoms with Gasteiger partial charge in [-0.15, -0.1) is 11.3 Å². The van der Waals surface area contributed by atoms with Gasteiger partial charge in [-0.05, 0) is 36.8 Å². The van der Waals surface area contributed by atoms with Crippen molar-refractivity contribution in [2.24, 2.45) is 0 Å². The Hall–Kier alpha value is -3.69. The number of carbonyl (C=O) groups is 2. The molecule has 2 heterocycles. The van der Waals surface area contributed by atoms with Crippen LogP contribution in [-0.4, -0.2) is 35.4 Å². The fraction of sp³-hybridized carbons (Fsp3) is 0.167. The molecule has 8 nitrogen and oxygen atoms in total. The van der Waals surface area contributed by atoms with Gasteiger partial charge in [0, 0.05) is 21.9 Å². The monoisotopic (exact) mass is 497 g/mol. The number of nitrogens with one attached hydrogen (secondary N) is 1. The second kappa shape index (κ2) is 10.1. The molecule has 1 N–H and O–H groups in total. The molecule has 34 heavy (non-hydrogen) atoms. The summed E-state index contributed by atoms with van der Waals surface area (Å²) in [6, 6.07) is 13.7. The van der Waals surface area contributed by atoms with E-state index in [1.807, 2.05) is 0 Å². The molecule has 0 aliphatic rings. The van der Waals surface area contributed by atoms with Crippen molar-refractivity contribution in [2.75, 3.05) is 19.0 Å². The number of ether oxygens (including phenoxy) is 2. The minimum absolute atomic E-state index is 0.0197. The fourth-order valence-corrected chi connectivity index (χ4v) is 4.45. The van der Waals surface area contributed by atoms with Gasteiger partial charge in [-0.1, -0.05) is 29.8 Å². The van der Waals surface area contributed by atoms with Crippen LogP contribution in [0.3, 0.4) is 0 Å². The van der Waals surface area contributed by atoms with Crippen molar-refractivity contribution in [3.63, 3.8) is 0 Å². The number of halogens is 1. The first-order chi connectivity index (χ1) is 16.4. The molecule has 174 valence electrons. The second-order valence-corrected chi connectivity index (χ2v) is 8.51. The number of esters is 1. The standard InChI is InChI=1S/C24H20ClN3O5S/c1-3-33-24(31)21-18-13-34-22(26-19(29)11-14-7-9-15(25)10-8-14)20(18)23(30)28(27-21)16-5-4-6-17(12-16)32-2/h4-10,12-13H,3,11H2,1-2H3,(H,26,29). The summed E-state index contributed by atoms with van der Waals surface area (Å²) in [5.74, 6) is -0.459. The maximum absolute atomic E-state index is 13.5. The van der Waals surface area contributed by atoms with Gasteiger partial charge < -0.3 is 14.8 Å². The largest absolute Gasteiger partial charge is 0.497 e. The average Bonchev–Trinajstić information content (AvgIpc) is 3.25. The zero-order valence-electron chi connectivity index (χ0n) is 18.3. The quantitative estimate of drug-likeness (QED) is 0.378. The highest BCUT2D eigenvalue weighted by atomic mass is 35.5. The summed E-state index contributed by atoms with van der Waals surface area (Å²) in [4.78, 5) is 38.8. The summed E-state index contributed by atoms with van der Waals surface area (Å²) in [5, 5.41) is 10.1. The summed E-state index contributed by atoms with van der Waals surface area (Å²) in [7, 11) is 1.51. The van der Waals surface area contributed by atoms with E-state index in [9.17, 15) is 14.4 Å². The van der Waals surface area contributed by atoms with Crippen molar-refractivity contribution in [3.8, 4) is 11.4 Å².